The first-order chi connectivity index (χ1) is 17.1. The molecule has 0 spiro atoms. The number of unbranched alkanes of at least 4 members (excludes halogenated alkanes) is 1. The topological polar surface area (TPSA) is 12.1 Å². The van der Waals surface area contributed by atoms with Crippen LogP contribution in [0.5, 0.6) is 0 Å². The standard InChI is InChI=1S/C33H46N3/c1-10-14-17-25-18-15-19-26(22-25)36-28-21-16-20-27-29(28)30-34(31(36,7)8)23(5)24(6)35(30)33(12-3,13-4)32(27,9)11-2/h15-16,18-22H,10-14,17H2,1-9H3/q+1. The van der Waals surface area contributed by atoms with Crippen molar-refractivity contribution < 1.29 is 4.57 Å². The summed E-state index contributed by atoms with van der Waals surface area (Å²) in [6.45, 7) is 21.5. The van der Waals surface area contributed by atoms with E-state index in [-0.39, 0.29) is 16.6 Å². The van der Waals surface area contributed by atoms with Crippen LogP contribution < -0.4 is 9.47 Å². The number of benzene rings is 2. The monoisotopic (exact) mass is 484 g/mol. The third-order valence-electron chi connectivity index (χ3n) is 10.1. The lowest BCUT2D eigenvalue weighted by Gasteiger charge is -2.52. The second-order valence-electron chi connectivity index (χ2n) is 11.9. The minimum atomic E-state index is -0.238. The molecule has 0 bridgehead atoms. The van der Waals surface area contributed by atoms with Gasteiger partial charge in [-0.05, 0) is 75.3 Å². The molecule has 0 N–H and O–H groups in total. The van der Waals surface area contributed by atoms with E-state index < -0.39 is 0 Å². The average molecular weight is 485 g/mol. The number of nitrogens with zero attached hydrogens (tertiary/aromatic N) is 3. The van der Waals surface area contributed by atoms with Crippen LogP contribution in [0.15, 0.2) is 42.5 Å². The van der Waals surface area contributed by atoms with Crippen molar-refractivity contribution >= 4 is 11.4 Å². The molecule has 0 fully saturated rings. The van der Waals surface area contributed by atoms with Gasteiger partial charge in [0.05, 0.1) is 11.3 Å². The minimum absolute atomic E-state index is 0.0546. The number of imidazole rings is 1. The predicted molar refractivity (Wildman–Crippen MR) is 152 cm³/mol. The lowest BCUT2D eigenvalue weighted by atomic mass is 9.59. The molecule has 192 valence electrons. The first kappa shape index (κ1) is 25.1. The van der Waals surface area contributed by atoms with Crippen molar-refractivity contribution in [3.05, 3.63) is 65.0 Å². The number of hydrogen-bond donors (Lipinski definition) is 0. The zero-order chi connectivity index (χ0) is 26.0. The summed E-state index contributed by atoms with van der Waals surface area (Å²) in [4.78, 5) is 2.62. The van der Waals surface area contributed by atoms with Gasteiger partial charge in [-0.1, -0.05) is 65.3 Å². The summed E-state index contributed by atoms with van der Waals surface area (Å²) in [5.41, 5.74) is 9.72. The molecule has 2 aromatic carbocycles. The smallest absolute Gasteiger partial charge is 0.294 e. The molecule has 1 aromatic heterocycles. The van der Waals surface area contributed by atoms with Crippen molar-refractivity contribution in [2.45, 2.75) is 117 Å². The molecule has 0 saturated heterocycles. The summed E-state index contributed by atoms with van der Waals surface area (Å²) in [6.07, 6.45) is 6.98. The Morgan fingerprint density at radius 2 is 1.56 bits per heavy atom. The quantitative estimate of drug-likeness (QED) is 0.306. The van der Waals surface area contributed by atoms with E-state index in [2.05, 4.69) is 119 Å². The number of aromatic nitrogens is 2. The minimum Gasteiger partial charge on any atom is -0.299 e. The predicted octanol–water partition coefficient (Wildman–Crippen LogP) is 8.44. The van der Waals surface area contributed by atoms with Gasteiger partial charge in [-0.2, -0.15) is 0 Å². The maximum absolute atomic E-state index is 2.77. The van der Waals surface area contributed by atoms with Crippen LogP contribution in [0, 0.1) is 13.8 Å². The van der Waals surface area contributed by atoms with Gasteiger partial charge >= 0.3 is 0 Å². The molecule has 2 aliphatic rings. The van der Waals surface area contributed by atoms with E-state index in [1.807, 2.05) is 0 Å². The van der Waals surface area contributed by atoms with E-state index in [9.17, 15) is 0 Å². The van der Waals surface area contributed by atoms with Gasteiger partial charge in [-0.25, -0.2) is 9.13 Å². The fourth-order valence-electron chi connectivity index (χ4n) is 8.02. The van der Waals surface area contributed by atoms with Gasteiger partial charge in [0.1, 0.15) is 16.9 Å². The summed E-state index contributed by atoms with van der Waals surface area (Å²) in [7, 11) is 0. The number of hydrogen-bond acceptors (Lipinski definition) is 1. The number of rotatable bonds is 7. The first-order valence-electron chi connectivity index (χ1n) is 14.3. The van der Waals surface area contributed by atoms with Crippen LogP contribution in [0.3, 0.4) is 0 Å². The molecule has 3 nitrogen and oxygen atoms in total. The Bertz CT molecular complexity index is 1310. The lowest BCUT2D eigenvalue weighted by Crippen LogP contribution is -2.67. The molecule has 0 amide bonds. The Balaban J connectivity index is 1.88. The van der Waals surface area contributed by atoms with Gasteiger partial charge in [0, 0.05) is 24.9 Å². The maximum Gasteiger partial charge on any atom is 0.294 e. The Morgan fingerprint density at radius 3 is 2.19 bits per heavy atom. The molecular formula is C33H46N3+. The van der Waals surface area contributed by atoms with Crippen LogP contribution in [0.25, 0.3) is 11.4 Å². The van der Waals surface area contributed by atoms with Crippen LogP contribution in [-0.4, -0.2) is 4.57 Å². The van der Waals surface area contributed by atoms with Crippen LogP contribution >= 0.6 is 0 Å². The van der Waals surface area contributed by atoms with Crippen LogP contribution in [0.1, 0.15) is 103 Å². The molecule has 3 heteroatoms. The van der Waals surface area contributed by atoms with Crippen molar-refractivity contribution in [2.24, 2.45) is 0 Å². The molecule has 3 heterocycles. The highest BCUT2D eigenvalue weighted by molar-refractivity contribution is 5.85. The molecule has 1 atom stereocenters. The zero-order valence-corrected chi connectivity index (χ0v) is 24.1. The number of aryl methyl sites for hydroxylation is 1. The van der Waals surface area contributed by atoms with Gasteiger partial charge in [-0.3, -0.25) is 4.90 Å². The maximum atomic E-state index is 2.77. The van der Waals surface area contributed by atoms with Crippen LogP contribution in [-0.2, 0) is 23.0 Å². The summed E-state index contributed by atoms with van der Waals surface area (Å²) in [5, 5.41) is 0. The molecule has 1 unspecified atom stereocenters. The first-order valence-corrected chi connectivity index (χ1v) is 14.3. The highest BCUT2D eigenvalue weighted by atomic mass is 15.4. The SMILES string of the molecule is CCCCc1cccc(N2c3cccc4c3-c3n(c(C)c(C)[n+]3C2(C)C)C(CC)(CC)C4(C)CC)c1. The highest BCUT2D eigenvalue weighted by Crippen LogP contribution is 2.59. The van der Waals surface area contributed by atoms with Crippen LogP contribution in [0.4, 0.5) is 11.4 Å². The summed E-state index contributed by atoms with van der Waals surface area (Å²) in [6, 6.07) is 16.4. The normalized spacial score (nSPS) is 21.0. The molecule has 3 aromatic rings. The lowest BCUT2D eigenvalue weighted by molar-refractivity contribution is -0.752. The van der Waals surface area contributed by atoms with Crippen molar-refractivity contribution in [3.8, 4) is 11.4 Å². The fraction of sp³-hybridized carbons (Fsp3) is 0.545. The van der Waals surface area contributed by atoms with Crippen molar-refractivity contribution in [2.75, 3.05) is 4.90 Å². The molecule has 36 heavy (non-hydrogen) atoms. The Hall–Kier alpha value is -2.55. The van der Waals surface area contributed by atoms with E-state index in [1.54, 1.807) is 0 Å². The Morgan fingerprint density at radius 1 is 0.861 bits per heavy atom. The Labute approximate surface area is 219 Å². The van der Waals surface area contributed by atoms with Crippen molar-refractivity contribution in [3.63, 3.8) is 0 Å². The van der Waals surface area contributed by atoms with Gasteiger partial charge < -0.3 is 0 Å². The third-order valence-corrected chi connectivity index (χ3v) is 10.1. The summed E-state index contributed by atoms with van der Waals surface area (Å²) in [5.74, 6) is 1.41. The van der Waals surface area contributed by atoms with Crippen molar-refractivity contribution in [1.29, 1.82) is 0 Å². The second-order valence-corrected chi connectivity index (χ2v) is 11.9. The third kappa shape index (κ3) is 2.95. The molecule has 0 saturated carbocycles. The van der Waals surface area contributed by atoms with Gasteiger partial charge in [-0.15, -0.1) is 0 Å². The average Bonchev–Trinajstić information content (AvgIpc) is 3.15. The molecule has 0 radical (unpaired) electrons. The van der Waals surface area contributed by atoms with E-state index in [0.29, 0.717) is 0 Å². The van der Waals surface area contributed by atoms with E-state index in [0.717, 1.165) is 25.7 Å². The van der Waals surface area contributed by atoms with Crippen LogP contribution in [0.2, 0.25) is 0 Å². The molecular weight excluding hydrogens is 438 g/mol. The van der Waals surface area contributed by atoms with Gasteiger partial charge in [0.25, 0.3) is 5.82 Å². The largest absolute Gasteiger partial charge is 0.299 e. The van der Waals surface area contributed by atoms with E-state index in [1.165, 1.54) is 58.1 Å². The molecule has 2 aliphatic heterocycles. The molecule has 0 aliphatic carbocycles. The van der Waals surface area contributed by atoms with E-state index >= 15 is 0 Å². The summed E-state index contributed by atoms with van der Waals surface area (Å²) < 4.78 is 5.43. The second kappa shape index (κ2) is 8.50. The van der Waals surface area contributed by atoms with Gasteiger partial charge in [0.15, 0.2) is 5.66 Å². The summed E-state index contributed by atoms with van der Waals surface area (Å²) >= 11 is 0. The van der Waals surface area contributed by atoms with E-state index in [4.69, 9.17) is 0 Å². The fourth-order valence-corrected chi connectivity index (χ4v) is 8.02. The Kier molecular flexibility index (Phi) is 5.93. The molecule has 5 rings (SSSR count). The zero-order valence-electron chi connectivity index (χ0n) is 24.1. The van der Waals surface area contributed by atoms with Crippen molar-refractivity contribution in [1.82, 2.24) is 4.57 Å². The number of anilines is 2. The van der Waals surface area contributed by atoms with Gasteiger partial charge in [0.2, 0.25) is 0 Å². The highest BCUT2D eigenvalue weighted by Gasteiger charge is 2.62.